The smallest absolute Gasteiger partial charge is 0.229 e. The molecule has 0 radical (unpaired) electrons. The molecule has 1 saturated heterocycles. The highest BCUT2D eigenvalue weighted by atomic mass is 32.2. The molecular weight excluding hydrogens is 490 g/mol. The Balaban J connectivity index is 1.62. The molecule has 0 spiro atoms. The fourth-order valence-electron chi connectivity index (χ4n) is 5.89. The number of nitrogens with one attached hydrogen (secondary N) is 2. The summed E-state index contributed by atoms with van der Waals surface area (Å²) in [6.45, 7) is 6.33. The minimum atomic E-state index is -3.37. The average Bonchev–Trinajstić information content (AvgIpc) is 3.53. The van der Waals surface area contributed by atoms with Gasteiger partial charge in [0.1, 0.15) is 0 Å². The predicted octanol–water partition coefficient (Wildman–Crippen LogP) is 5.47. The van der Waals surface area contributed by atoms with Crippen LogP contribution in [-0.4, -0.2) is 29.3 Å². The van der Waals surface area contributed by atoms with E-state index < -0.39 is 10.0 Å². The van der Waals surface area contributed by atoms with Crippen LogP contribution in [0.4, 0.5) is 11.4 Å². The van der Waals surface area contributed by atoms with E-state index in [-0.39, 0.29) is 12.1 Å². The first-order valence-electron chi connectivity index (χ1n) is 12.4. The first kappa shape index (κ1) is 24.8. The third-order valence-electron chi connectivity index (χ3n) is 7.41. The molecule has 2 unspecified atom stereocenters. The Bertz CT molecular complexity index is 1400. The molecule has 1 saturated carbocycles. The van der Waals surface area contributed by atoms with Gasteiger partial charge in [-0.25, -0.2) is 8.42 Å². The lowest BCUT2D eigenvalue weighted by molar-refractivity contribution is 0.494. The van der Waals surface area contributed by atoms with Crippen LogP contribution >= 0.6 is 12.2 Å². The first-order valence-corrected chi connectivity index (χ1v) is 14.7. The van der Waals surface area contributed by atoms with E-state index in [1.807, 2.05) is 43.5 Å². The summed E-state index contributed by atoms with van der Waals surface area (Å²) in [5.74, 6) is 0. The molecule has 2 aliphatic rings. The Morgan fingerprint density at radius 2 is 1.83 bits per heavy atom. The van der Waals surface area contributed by atoms with Crippen LogP contribution in [-0.2, 0) is 10.0 Å². The molecule has 0 bridgehead atoms. The Labute approximate surface area is 219 Å². The lowest BCUT2D eigenvalue weighted by Gasteiger charge is -2.29. The molecule has 3 aromatic rings. The van der Waals surface area contributed by atoms with Gasteiger partial charge in [0.15, 0.2) is 5.11 Å². The highest BCUT2D eigenvalue weighted by Gasteiger charge is 2.42. The molecule has 2 aromatic heterocycles. The summed E-state index contributed by atoms with van der Waals surface area (Å²) in [6, 6.07) is 14.3. The fourth-order valence-corrected chi connectivity index (χ4v) is 6.86. The summed E-state index contributed by atoms with van der Waals surface area (Å²) >= 11 is 5.90. The Hall–Kier alpha value is -2.91. The number of benzene rings is 1. The van der Waals surface area contributed by atoms with Gasteiger partial charge in [0.2, 0.25) is 10.0 Å². The van der Waals surface area contributed by atoms with Gasteiger partial charge in [0.05, 0.1) is 29.7 Å². The van der Waals surface area contributed by atoms with E-state index in [0.29, 0.717) is 16.8 Å². The topological polar surface area (TPSA) is 79.3 Å². The van der Waals surface area contributed by atoms with Crippen LogP contribution in [0.25, 0.3) is 0 Å². The van der Waals surface area contributed by atoms with Crippen molar-refractivity contribution in [2.45, 2.75) is 64.6 Å². The second-order valence-electron chi connectivity index (χ2n) is 10.0. The number of nitrogens with zero attached hydrogens (tertiary/aromatic N) is 3. The zero-order valence-electron chi connectivity index (χ0n) is 21.2. The van der Waals surface area contributed by atoms with Gasteiger partial charge in [-0.3, -0.25) is 9.71 Å². The number of hydrogen-bond acceptors (Lipinski definition) is 4. The predicted molar refractivity (Wildman–Crippen MR) is 149 cm³/mol. The van der Waals surface area contributed by atoms with Gasteiger partial charge in [-0.05, 0) is 93.4 Å². The van der Waals surface area contributed by atoms with E-state index in [9.17, 15) is 8.42 Å². The van der Waals surface area contributed by atoms with Gasteiger partial charge >= 0.3 is 0 Å². The van der Waals surface area contributed by atoms with Crippen molar-refractivity contribution in [2.75, 3.05) is 15.9 Å². The molecule has 7 nitrogen and oxygen atoms in total. The molecule has 36 heavy (non-hydrogen) atoms. The largest absolute Gasteiger partial charge is 0.351 e. The summed E-state index contributed by atoms with van der Waals surface area (Å²) < 4.78 is 28.7. The first-order chi connectivity index (χ1) is 17.1. The zero-order chi connectivity index (χ0) is 25.6. The number of thiocarbonyl (C=S) groups is 1. The average molecular weight is 524 g/mol. The Kier molecular flexibility index (Phi) is 6.55. The molecular formula is C27H33N5O2S2. The highest BCUT2D eigenvalue weighted by Crippen LogP contribution is 2.45. The minimum Gasteiger partial charge on any atom is -0.351 e. The van der Waals surface area contributed by atoms with Crippen LogP contribution in [0, 0.1) is 20.8 Å². The van der Waals surface area contributed by atoms with Crippen molar-refractivity contribution >= 4 is 38.7 Å². The van der Waals surface area contributed by atoms with Crippen LogP contribution in [0.3, 0.4) is 0 Å². The zero-order valence-corrected chi connectivity index (χ0v) is 22.8. The van der Waals surface area contributed by atoms with Crippen molar-refractivity contribution in [3.8, 4) is 0 Å². The molecule has 3 heterocycles. The number of aromatic nitrogens is 2. The number of rotatable bonds is 6. The second-order valence-corrected chi connectivity index (χ2v) is 12.1. The van der Waals surface area contributed by atoms with Crippen LogP contribution in [0.1, 0.15) is 72.0 Å². The molecule has 5 rings (SSSR count). The molecule has 9 heteroatoms. The van der Waals surface area contributed by atoms with E-state index in [2.05, 4.69) is 44.4 Å². The second kappa shape index (κ2) is 9.52. The van der Waals surface area contributed by atoms with Gasteiger partial charge in [-0.15, -0.1) is 0 Å². The van der Waals surface area contributed by atoms with Gasteiger partial charge < -0.3 is 14.8 Å². The van der Waals surface area contributed by atoms with Crippen LogP contribution in [0.5, 0.6) is 0 Å². The number of pyridine rings is 1. The molecule has 190 valence electrons. The third-order valence-corrected chi connectivity index (χ3v) is 8.32. The number of aryl methyl sites for hydroxylation is 2. The van der Waals surface area contributed by atoms with E-state index >= 15 is 0 Å². The lowest BCUT2D eigenvalue weighted by atomic mass is 9.96. The summed E-state index contributed by atoms with van der Waals surface area (Å²) in [4.78, 5) is 6.83. The highest BCUT2D eigenvalue weighted by molar-refractivity contribution is 7.92. The normalized spacial score (nSPS) is 20.7. The minimum absolute atomic E-state index is 0.0955. The third kappa shape index (κ3) is 4.62. The maximum atomic E-state index is 11.8. The molecule has 1 aliphatic carbocycles. The standard InChI is InChI=1S/C27H33N5O2S2/c1-17-15-21(12-13-23(17)30-36(4,33)34)32-26(25(29-27(32)35)24-11-7-8-14-28-24)22-16-18(2)31(19(22)3)20-9-5-6-10-20/h7-8,11-16,20,25-26,30H,5-6,9-10H2,1-4H3,(H,29,35). The van der Waals surface area contributed by atoms with E-state index in [4.69, 9.17) is 12.2 Å². The summed E-state index contributed by atoms with van der Waals surface area (Å²) in [7, 11) is -3.37. The van der Waals surface area contributed by atoms with Gasteiger partial charge in [0.25, 0.3) is 0 Å². The number of sulfonamides is 1. The molecule has 2 fully saturated rings. The van der Waals surface area contributed by atoms with Crippen LogP contribution in [0.2, 0.25) is 0 Å². The van der Waals surface area contributed by atoms with Crippen LogP contribution in [0.15, 0.2) is 48.7 Å². The van der Waals surface area contributed by atoms with Crippen molar-refractivity contribution < 1.29 is 8.42 Å². The Morgan fingerprint density at radius 1 is 1.08 bits per heavy atom. The van der Waals surface area contributed by atoms with E-state index in [1.54, 1.807) is 6.07 Å². The quantitative estimate of drug-likeness (QED) is 0.417. The van der Waals surface area contributed by atoms with Gasteiger partial charge in [-0.1, -0.05) is 18.9 Å². The van der Waals surface area contributed by atoms with Crippen molar-refractivity contribution in [2.24, 2.45) is 0 Å². The summed E-state index contributed by atoms with van der Waals surface area (Å²) in [5.41, 5.74) is 7.03. The van der Waals surface area contributed by atoms with Crippen molar-refractivity contribution in [3.05, 3.63) is 76.9 Å². The van der Waals surface area contributed by atoms with Crippen LogP contribution < -0.4 is 14.9 Å². The van der Waals surface area contributed by atoms with Gasteiger partial charge in [0, 0.05) is 29.3 Å². The van der Waals surface area contributed by atoms with Crippen molar-refractivity contribution in [1.29, 1.82) is 0 Å². The fraction of sp³-hybridized carbons (Fsp3) is 0.407. The van der Waals surface area contributed by atoms with Crippen molar-refractivity contribution in [1.82, 2.24) is 14.9 Å². The maximum absolute atomic E-state index is 11.8. The molecule has 2 atom stereocenters. The van der Waals surface area contributed by atoms with Gasteiger partial charge in [-0.2, -0.15) is 0 Å². The molecule has 2 N–H and O–H groups in total. The molecule has 1 aromatic carbocycles. The van der Waals surface area contributed by atoms with E-state index in [0.717, 1.165) is 23.2 Å². The number of hydrogen-bond donors (Lipinski definition) is 2. The maximum Gasteiger partial charge on any atom is 0.229 e. The monoisotopic (exact) mass is 523 g/mol. The molecule has 1 aliphatic heterocycles. The summed E-state index contributed by atoms with van der Waals surface area (Å²) in [6.07, 6.45) is 7.98. The SMILES string of the molecule is Cc1cc(N2C(=S)NC(c3ccccn3)C2c2cc(C)n(C3CCCC3)c2C)ccc1NS(C)(=O)=O. The lowest BCUT2D eigenvalue weighted by Crippen LogP contribution is -2.29. The molecule has 0 amide bonds. The van der Waals surface area contributed by atoms with Crippen molar-refractivity contribution in [3.63, 3.8) is 0 Å². The Morgan fingerprint density at radius 3 is 2.47 bits per heavy atom. The van der Waals surface area contributed by atoms with E-state index in [1.165, 1.54) is 42.6 Å². The number of anilines is 2. The summed E-state index contributed by atoms with van der Waals surface area (Å²) in [5, 5.41) is 4.17.